The Morgan fingerprint density at radius 3 is 1.59 bits per heavy atom. The van der Waals surface area contributed by atoms with E-state index in [4.69, 9.17) is 14.2 Å². The molecule has 2 aromatic rings. The van der Waals surface area contributed by atoms with Crippen LogP contribution in [0.4, 0.5) is 9.59 Å². The number of rotatable bonds is 12. The lowest BCUT2D eigenvalue weighted by Crippen LogP contribution is -2.35. The van der Waals surface area contributed by atoms with Crippen molar-refractivity contribution in [2.45, 2.75) is 76.1 Å². The molecule has 9 nitrogen and oxygen atoms in total. The topological polar surface area (TPSA) is 114 Å². The zero-order valence-electron chi connectivity index (χ0n) is 24.7. The van der Waals surface area contributed by atoms with Crippen molar-refractivity contribution < 1.29 is 42.9 Å². The van der Waals surface area contributed by atoms with Crippen LogP contribution in [-0.4, -0.2) is 58.5 Å². The minimum absolute atomic E-state index is 0.0954. The van der Waals surface area contributed by atoms with Crippen LogP contribution in [0.5, 0.6) is 11.5 Å². The van der Waals surface area contributed by atoms with E-state index in [0.717, 1.165) is 23.5 Å². The second kappa shape index (κ2) is 15.3. The van der Waals surface area contributed by atoms with Crippen LogP contribution < -0.4 is 9.47 Å². The zero-order valence-corrected chi connectivity index (χ0v) is 26.3. The van der Waals surface area contributed by atoms with Gasteiger partial charge in [0.15, 0.2) is 0 Å². The fraction of sp³-hybridized carbons (Fsp3) is 0.467. The van der Waals surface area contributed by atoms with E-state index in [9.17, 15) is 19.2 Å². The number of carbonyl (C=O) groups is 4. The predicted molar refractivity (Wildman–Crippen MR) is 160 cm³/mol. The minimum atomic E-state index is -0.545. The van der Waals surface area contributed by atoms with E-state index in [-0.39, 0.29) is 11.4 Å². The van der Waals surface area contributed by atoms with Gasteiger partial charge < -0.3 is 23.7 Å². The monoisotopic (exact) mass is 606 g/mol. The molecule has 0 radical (unpaired) electrons. The maximum atomic E-state index is 12.6. The number of thioether (sulfide) groups is 2. The molecule has 11 heteroatoms. The SMILES string of the molecule is COC(=O)c1ccc(OC(=O)SC(C)CC(C)(C)OC(C)CC(C)(C)SC(=O)Oc2ccc(C(=O)OC)cc2)cc1. The predicted octanol–water partition coefficient (Wildman–Crippen LogP) is 7.56. The van der Waals surface area contributed by atoms with Gasteiger partial charge >= 0.3 is 22.5 Å². The molecule has 0 aliphatic heterocycles. The lowest BCUT2D eigenvalue weighted by Gasteiger charge is -2.34. The molecule has 2 unspecified atom stereocenters. The number of ether oxygens (including phenoxy) is 5. The highest BCUT2D eigenvalue weighted by atomic mass is 32.2. The van der Waals surface area contributed by atoms with Gasteiger partial charge in [-0.25, -0.2) is 19.2 Å². The van der Waals surface area contributed by atoms with E-state index >= 15 is 0 Å². The number of benzene rings is 2. The minimum Gasteiger partial charge on any atom is -0.465 e. The number of carbonyl (C=O) groups excluding carboxylic acids is 4. The number of esters is 2. The summed E-state index contributed by atoms with van der Waals surface area (Å²) >= 11 is 2.13. The maximum absolute atomic E-state index is 12.6. The summed E-state index contributed by atoms with van der Waals surface area (Å²) in [5.74, 6) is -0.261. The molecule has 2 atom stereocenters. The molecule has 0 aliphatic carbocycles. The van der Waals surface area contributed by atoms with Gasteiger partial charge in [0.2, 0.25) is 0 Å². The number of methoxy groups -OCH3 is 2. The summed E-state index contributed by atoms with van der Waals surface area (Å²) in [6, 6.07) is 12.3. The van der Waals surface area contributed by atoms with Gasteiger partial charge in [0.05, 0.1) is 37.1 Å². The third-order valence-corrected chi connectivity index (χ3v) is 7.50. The van der Waals surface area contributed by atoms with Crippen LogP contribution in [0.15, 0.2) is 48.5 Å². The molecule has 0 fully saturated rings. The van der Waals surface area contributed by atoms with Crippen LogP contribution in [0.3, 0.4) is 0 Å². The molecule has 0 amide bonds. The summed E-state index contributed by atoms with van der Waals surface area (Å²) < 4.78 is 26.0. The molecular formula is C30H38O9S2. The Bertz CT molecular complexity index is 1190. The third kappa shape index (κ3) is 12.2. The Morgan fingerprint density at radius 1 is 0.707 bits per heavy atom. The van der Waals surface area contributed by atoms with E-state index in [0.29, 0.717) is 35.5 Å². The molecule has 0 heterocycles. The molecule has 0 aromatic heterocycles. The summed E-state index contributed by atoms with van der Waals surface area (Å²) in [5, 5.41) is -1.01. The van der Waals surface area contributed by atoms with Gasteiger partial charge in [0.1, 0.15) is 11.5 Å². The fourth-order valence-electron chi connectivity index (χ4n) is 4.28. The summed E-state index contributed by atoms with van der Waals surface area (Å²) in [6.07, 6.45) is 0.968. The largest absolute Gasteiger partial charge is 0.465 e. The van der Waals surface area contributed by atoms with Crippen LogP contribution in [0, 0.1) is 0 Å². The smallest absolute Gasteiger partial charge is 0.373 e. The Hall–Kier alpha value is -3.02. The van der Waals surface area contributed by atoms with Crippen LogP contribution >= 0.6 is 23.5 Å². The van der Waals surface area contributed by atoms with E-state index in [1.807, 2.05) is 41.5 Å². The molecule has 0 spiro atoms. The standard InChI is InChI=1S/C30H38O9S2/c1-19(17-30(5,6)41-28(34)38-24-15-11-22(12-16-24)26(32)36-8)39-29(3,4)18-20(2)40-27(33)37-23-13-9-21(10-14-23)25(31)35-7/h9-16,19-20H,17-18H2,1-8H3. The molecule has 2 aromatic carbocycles. The van der Waals surface area contributed by atoms with Crippen LogP contribution in [0.2, 0.25) is 0 Å². The Labute approximate surface area is 250 Å². The molecule has 0 N–H and O–H groups in total. The number of hydrogen-bond donors (Lipinski definition) is 0. The van der Waals surface area contributed by atoms with Crippen molar-refractivity contribution >= 4 is 46.1 Å². The third-order valence-electron chi connectivity index (χ3n) is 5.69. The van der Waals surface area contributed by atoms with Gasteiger partial charge in [-0.05, 0) is 106 Å². The van der Waals surface area contributed by atoms with Gasteiger partial charge in [-0.2, -0.15) is 0 Å². The average Bonchev–Trinajstić information content (AvgIpc) is 2.86. The second-order valence-electron chi connectivity index (χ2n) is 10.6. The lowest BCUT2D eigenvalue weighted by molar-refractivity contribution is -0.0725. The first kappa shape index (κ1) is 34.2. The molecule has 224 valence electrons. The molecule has 2 rings (SSSR count). The van der Waals surface area contributed by atoms with Crippen molar-refractivity contribution in [2.75, 3.05) is 14.2 Å². The van der Waals surface area contributed by atoms with Crippen molar-refractivity contribution in [3.8, 4) is 11.5 Å². The highest BCUT2D eigenvalue weighted by Gasteiger charge is 2.31. The first-order chi connectivity index (χ1) is 19.1. The maximum Gasteiger partial charge on any atom is 0.373 e. The van der Waals surface area contributed by atoms with Crippen LogP contribution in [0.25, 0.3) is 0 Å². The van der Waals surface area contributed by atoms with Gasteiger partial charge in [-0.3, -0.25) is 0 Å². The Balaban J connectivity index is 1.81. The molecular weight excluding hydrogens is 568 g/mol. The lowest BCUT2D eigenvalue weighted by atomic mass is 10.0. The summed E-state index contributed by atoms with van der Waals surface area (Å²) in [4.78, 5) is 48.1. The van der Waals surface area contributed by atoms with Gasteiger partial charge in [-0.1, -0.05) is 20.8 Å². The average molecular weight is 607 g/mol. The van der Waals surface area contributed by atoms with Crippen molar-refractivity contribution in [3.05, 3.63) is 59.7 Å². The quantitative estimate of drug-likeness (QED) is 0.223. The Morgan fingerprint density at radius 2 is 1.15 bits per heavy atom. The summed E-state index contributed by atoms with van der Waals surface area (Å²) in [5.41, 5.74) is 0.188. The number of hydrogen-bond acceptors (Lipinski definition) is 11. The summed E-state index contributed by atoms with van der Waals surface area (Å²) in [6.45, 7) is 11.7. The van der Waals surface area contributed by atoms with E-state index in [1.54, 1.807) is 24.3 Å². The molecule has 0 saturated carbocycles. The van der Waals surface area contributed by atoms with E-state index in [2.05, 4.69) is 9.47 Å². The first-order valence-corrected chi connectivity index (χ1v) is 14.7. The van der Waals surface area contributed by atoms with Crippen molar-refractivity contribution in [1.82, 2.24) is 0 Å². The zero-order chi connectivity index (χ0) is 30.8. The van der Waals surface area contributed by atoms with Crippen LogP contribution in [-0.2, 0) is 14.2 Å². The highest BCUT2D eigenvalue weighted by Crippen LogP contribution is 2.35. The molecule has 41 heavy (non-hydrogen) atoms. The van der Waals surface area contributed by atoms with Crippen molar-refractivity contribution in [3.63, 3.8) is 0 Å². The van der Waals surface area contributed by atoms with Gasteiger partial charge in [0.25, 0.3) is 0 Å². The van der Waals surface area contributed by atoms with Gasteiger partial charge in [0, 0.05) is 10.00 Å². The van der Waals surface area contributed by atoms with Gasteiger partial charge in [-0.15, -0.1) is 0 Å². The summed E-state index contributed by atoms with van der Waals surface area (Å²) in [7, 11) is 2.60. The second-order valence-corrected chi connectivity index (χ2v) is 13.6. The highest BCUT2D eigenvalue weighted by molar-refractivity contribution is 8.14. The molecule has 0 bridgehead atoms. The molecule has 0 aliphatic rings. The Kier molecular flexibility index (Phi) is 12.7. The fourth-order valence-corrected chi connectivity index (χ4v) is 6.15. The van der Waals surface area contributed by atoms with Crippen molar-refractivity contribution in [1.29, 1.82) is 0 Å². The first-order valence-electron chi connectivity index (χ1n) is 13.0. The molecule has 0 saturated heterocycles. The normalized spacial score (nSPS) is 13.1. The van der Waals surface area contributed by atoms with Crippen LogP contribution in [0.1, 0.15) is 75.1 Å². The van der Waals surface area contributed by atoms with Crippen molar-refractivity contribution in [2.24, 2.45) is 0 Å². The van der Waals surface area contributed by atoms with E-state index < -0.39 is 32.9 Å². The van der Waals surface area contributed by atoms with E-state index in [1.165, 1.54) is 38.5 Å².